The summed E-state index contributed by atoms with van der Waals surface area (Å²) in [5.74, 6) is 0.0170. The van der Waals surface area contributed by atoms with Crippen molar-refractivity contribution in [2.45, 2.75) is 36.6 Å². The summed E-state index contributed by atoms with van der Waals surface area (Å²) in [6, 6.07) is 10.2. The molecule has 0 aliphatic rings. The van der Waals surface area contributed by atoms with Gasteiger partial charge in [-0.1, -0.05) is 19.1 Å². The first kappa shape index (κ1) is 23.8. The van der Waals surface area contributed by atoms with Crippen molar-refractivity contribution in [1.29, 1.82) is 0 Å². The van der Waals surface area contributed by atoms with Crippen molar-refractivity contribution in [3.05, 3.63) is 53.6 Å². The lowest BCUT2D eigenvalue weighted by Gasteiger charge is -2.12. The van der Waals surface area contributed by atoms with Crippen LogP contribution in [-0.2, 0) is 31.4 Å². The molecule has 30 heavy (non-hydrogen) atoms. The van der Waals surface area contributed by atoms with Crippen LogP contribution in [0.2, 0.25) is 0 Å². The molecule has 0 fully saturated rings. The monoisotopic (exact) mass is 455 g/mol. The molecule has 0 aliphatic heterocycles. The molecule has 9 nitrogen and oxygen atoms in total. The topological polar surface area (TPSA) is 145 Å². The zero-order chi connectivity index (χ0) is 22.4. The zero-order valence-corrected chi connectivity index (χ0v) is 18.3. The third kappa shape index (κ3) is 6.80. The Morgan fingerprint density at radius 2 is 1.67 bits per heavy atom. The summed E-state index contributed by atoms with van der Waals surface area (Å²) < 4.78 is 54.8. The fourth-order valence-electron chi connectivity index (χ4n) is 2.46. The maximum Gasteiger partial charge on any atom is 0.258 e. The average molecular weight is 456 g/mol. The lowest BCUT2D eigenvalue weighted by atomic mass is 10.2. The molecule has 2 aromatic rings. The molecule has 11 heteroatoms. The molecular weight excluding hydrogens is 430 g/mol. The van der Waals surface area contributed by atoms with E-state index in [1.807, 2.05) is 6.92 Å². The second-order valence-corrected chi connectivity index (χ2v) is 9.91. The second-order valence-electron chi connectivity index (χ2n) is 6.58. The van der Waals surface area contributed by atoms with Gasteiger partial charge >= 0.3 is 0 Å². The first-order valence-corrected chi connectivity index (χ1v) is 12.2. The molecule has 0 saturated carbocycles. The Morgan fingerprint density at radius 3 is 2.23 bits per heavy atom. The largest absolute Gasteiger partial charge is 0.484 e. The molecular formula is C19H25N3O6S2. The SMILES string of the molecule is CCCNS(=O)(=O)c1ccc(OCC(=O)NCc2ccc(S(N)(=O)=O)cc2)c(C)c1. The summed E-state index contributed by atoms with van der Waals surface area (Å²) in [5, 5.41) is 7.69. The number of carbonyl (C=O) groups is 1. The third-order valence-corrected chi connectivity index (χ3v) is 6.49. The minimum absolute atomic E-state index is 0.00765. The van der Waals surface area contributed by atoms with Crippen LogP contribution in [0.3, 0.4) is 0 Å². The van der Waals surface area contributed by atoms with Crippen LogP contribution >= 0.6 is 0 Å². The van der Waals surface area contributed by atoms with Crippen molar-refractivity contribution in [3.63, 3.8) is 0 Å². The van der Waals surface area contributed by atoms with Gasteiger partial charge in [-0.05, 0) is 54.8 Å². The number of rotatable bonds is 10. The molecule has 0 heterocycles. The third-order valence-electron chi connectivity index (χ3n) is 4.10. The van der Waals surface area contributed by atoms with Crippen molar-refractivity contribution in [2.24, 2.45) is 5.14 Å². The van der Waals surface area contributed by atoms with Gasteiger partial charge in [0, 0.05) is 13.1 Å². The number of primary sulfonamides is 1. The standard InChI is InChI=1S/C19H25N3O6S2/c1-3-10-22-30(26,27)17-8-9-18(14(2)11-17)28-13-19(23)21-12-15-4-6-16(7-5-15)29(20,24)25/h4-9,11,22H,3,10,12-13H2,1-2H3,(H,21,23)(H2,20,24,25). The van der Waals surface area contributed by atoms with Crippen LogP contribution < -0.4 is 19.9 Å². The summed E-state index contributed by atoms with van der Waals surface area (Å²) in [6.07, 6.45) is 0.685. The number of nitrogens with one attached hydrogen (secondary N) is 2. The Bertz CT molecular complexity index is 1100. The molecule has 0 aromatic heterocycles. The highest BCUT2D eigenvalue weighted by atomic mass is 32.2. The minimum atomic E-state index is -3.76. The van der Waals surface area contributed by atoms with Crippen molar-refractivity contribution in [1.82, 2.24) is 10.0 Å². The van der Waals surface area contributed by atoms with E-state index in [1.54, 1.807) is 19.1 Å². The summed E-state index contributed by atoms with van der Waals surface area (Å²) >= 11 is 0. The second kappa shape index (κ2) is 10.0. The van der Waals surface area contributed by atoms with Gasteiger partial charge in [0.05, 0.1) is 9.79 Å². The highest BCUT2D eigenvalue weighted by molar-refractivity contribution is 7.89. The quantitative estimate of drug-likeness (QED) is 0.488. The number of carbonyl (C=O) groups excluding carboxylic acids is 1. The fraction of sp³-hybridized carbons (Fsp3) is 0.316. The van der Waals surface area contributed by atoms with Gasteiger partial charge in [-0.3, -0.25) is 4.79 Å². The maximum atomic E-state index is 12.2. The predicted octanol–water partition coefficient (Wildman–Crippen LogP) is 1.03. The Labute approximate surface area is 176 Å². The van der Waals surface area contributed by atoms with Crippen molar-refractivity contribution >= 4 is 26.0 Å². The Hall–Kier alpha value is -2.47. The number of sulfonamides is 2. The van der Waals surface area contributed by atoms with Gasteiger partial charge < -0.3 is 10.1 Å². The Kier molecular flexibility index (Phi) is 7.96. The van der Waals surface area contributed by atoms with E-state index in [1.165, 1.54) is 30.3 Å². The summed E-state index contributed by atoms with van der Waals surface area (Å²) in [7, 11) is -7.34. The van der Waals surface area contributed by atoms with Gasteiger partial charge in [0.2, 0.25) is 20.0 Å². The van der Waals surface area contributed by atoms with Crippen LogP contribution in [-0.4, -0.2) is 35.9 Å². The first-order valence-electron chi connectivity index (χ1n) is 9.14. The van der Waals surface area contributed by atoms with Crippen LogP contribution in [0, 0.1) is 6.92 Å². The number of hydrogen-bond donors (Lipinski definition) is 3. The fourth-order valence-corrected chi connectivity index (χ4v) is 4.20. The summed E-state index contributed by atoms with van der Waals surface area (Å²) in [5.41, 5.74) is 1.28. The smallest absolute Gasteiger partial charge is 0.258 e. The molecule has 2 aromatic carbocycles. The van der Waals surface area contributed by atoms with Gasteiger partial charge in [0.15, 0.2) is 6.61 Å². The van der Waals surface area contributed by atoms with E-state index < -0.39 is 20.0 Å². The Balaban J connectivity index is 1.90. The van der Waals surface area contributed by atoms with Crippen LogP contribution in [0.4, 0.5) is 0 Å². The van der Waals surface area contributed by atoms with E-state index in [0.717, 1.165) is 0 Å². The van der Waals surface area contributed by atoms with Crippen molar-refractivity contribution in [3.8, 4) is 5.75 Å². The van der Waals surface area contributed by atoms with Crippen LogP contribution in [0.25, 0.3) is 0 Å². The van der Waals surface area contributed by atoms with E-state index in [-0.39, 0.29) is 28.8 Å². The van der Waals surface area contributed by atoms with Crippen LogP contribution in [0.5, 0.6) is 5.75 Å². The van der Waals surface area contributed by atoms with Gasteiger partial charge in [0.25, 0.3) is 5.91 Å². The summed E-state index contributed by atoms with van der Waals surface area (Å²) in [6.45, 7) is 3.85. The van der Waals surface area contributed by atoms with E-state index in [9.17, 15) is 21.6 Å². The van der Waals surface area contributed by atoms with Crippen LogP contribution in [0.15, 0.2) is 52.3 Å². The molecule has 0 bridgehead atoms. The molecule has 0 unspecified atom stereocenters. The van der Waals surface area contributed by atoms with Crippen molar-refractivity contribution in [2.75, 3.05) is 13.2 Å². The molecule has 0 saturated heterocycles. The van der Waals surface area contributed by atoms with Gasteiger partial charge in [-0.2, -0.15) is 0 Å². The van der Waals surface area contributed by atoms with Crippen molar-refractivity contribution < 1.29 is 26.4 Å². The number of aryl methyl sites for hydroxylation is 1. The minimum Gasteiger partial charge on any atom is -0.484 e. The number of benzene rings is 2. The predicted molar refractivity (Wildman–Crippen MR) is 112 cm³/mol. The maximum absolute atomic E-state index is 12.2. The lowest BCUT2D eigenvalue weighted by Crippen LogP contribution is -2.28. The summed E-state index contributed by atoms with van der Waals surface area (Å²) in [4.78, 5) is 12.1. The molecule has 0 spiro atoms. The van der Waals surface area contributed by atoms with Crippen LogP contribution in [0.1, 0.15) is 24.5 Å². The first-order chi connectivity index (χ1) is 14.0. The van der Waals surface area contributed by atoms with E-state index in [4.69, 9.17) is 9.88 Å². The zero-order valence-electron chi connectivity index (χ0n) is 16.7. The number of ether oxygens (including phenoxy) is 1. The molecule has 0 atom stereocenters. The van der Waals surface area contributed by atoms with Gasteiger partial charge in [-0.25, -0.2) is 26.7 Å². The molecule has 2 rings (SSSR count). The highest BCUT2D eigenvalue weighted by Gasteiger charge is 2.15. The molecule has 4 N–H and O–H groups in total. The normalized spacial score (nSPS) is 11.8. The van der Waals surface area contributed by atoms with Gasteiger partial charge in [-0.15, -0.1) is 0 Å². The Morgan fingerprint density at radius 1 is 1.03 bits per heavy atom. The molecule has 164 valence electrons. The van der Waals surface area contributed by atoms with E-state index in [0.29, 0.717) is 29.8 Å². The average Bonchev–Trinajstić information content (AvgIpc) is 2.69. The molecule has 0 aliphatic carbocycles. The number of amides is 1. The molecule has 1 amide bonds. The lowest BCUT2D eigenvalue weighted by molar-refractivity contribution is -0.123. The highest BCUT2D eigenvalue weighted by Crippen LogP contribution is 2.21. The van der Waals surface area contributed by atoms with E-state index in [2.05, 4.69) is 10.0 Å². The van der Waals surface area contributed by atoms with E-state index >= 15 is 0 Å². The number of hydrogen-bond acceptors (Lipinski definition) is 6. The molecule has 0 radical (unpaired) electrons. The van der Waals surface area contributed by atoms with Gasteiger partial charge in [0.1, 0.15) is 5.75 Å². The number of nitrogens with two attached hydrogens (primary N) is 1.